The van der Waals surface area contributed by atoms with Crippen molar-refractivity contribution in [3.05, 3.63) is 59.4 Å². The lowest BCUT2D eigenvalue weighted by atomic mass is 10.1. The molecular weight excluding hydrogens is 229 g/mol. The van der Waals surface area contributed by atoms with Crippen molar-refractivity contribution in [2.24, 2.45) is 0 Å². The van der Waals surface area contributed by atoms with Crippen LogP contribution in [0.5, 0.6) is 5.75 Å². The molecule has 2 N–H and O–H groups in total. The van der Waals surface area contributed by atoms with E-state index in [-0.39, 0.29) is 17.6 Å². The zero-order chi connectivity index (χ0) is 13.1. The Balaban J connectivity index is 2.19. The molecule has 2 aromatic rings. The average Bonchev–Trinajstić information content (AvgIpc) is 2.34. The van der Waals surface area contributed by atoms with Gasteiger partial charge in [-0.25, -0.2) is 4.39 Å². The molecule has 94 valence electrons. The zero-order valence-electron chi connectivity index (χ0n) is 10.4. The normalized spacial score (nSPS) is 12.2. The number of benzene rings is 2. The highest BCUT2D eigenvalue weighted by atomic mass is 19.1. The van der Waals surface area contributed by atoms with Gasteiger partial charge >= 0.3 is 0 Å². The summed E-state index contributed by atoms with van der Waals surface area (Å²) in [5, 5.41) is 13.0. The second-order valence-corrected chi connectivity index (χ2v) is 4.39. The molecule has 0 saturated heterocycles. The third kappa shape index (κ3) is 2.62. The fourth-order valence-electron chi connectivity index (χ4n) is 1.92. The molecule has 3 heteroatoms. The molecule has 18 heavy (non-hydrogen) atoms. The maximum absolute atomic E-state index is 13.2. The largest absolute Gasteiger partial charge is 0.508 e. The molecule has 0 bridgehead atoms. The monoisotopic (exact) mass is 245 g/mol. The minimum Gasteiger partial charge on any atom is -0.508 e. The second-order valence-electron chi connectivity index (χ2n) is 4.39. The van der Waals surface area contributed by atoms with Gasteiger partial charge in [-0.05, 0) is 43.7 Å². The first kappa shape index (κ1) is 12.4. The quantitative estimate of drug-likeness (QED) is 0.856. The van der Waals surface area contributed by atoms with E-state index in [4.69, 9.17) is 0 Å². The van der Waals surface area contributed by atoms with Gasteiger partial charge in [-0.1, -0.05) is 18.2 Å². The van der Waals surface area contributed by atoms with Crippen LogP contribution in [0, 0.1) is 12.7 Å². The number of para-hydroxylation sites is 1. The Morgan fingerprint density at radius 3 is 2.56 bits per heavy atom. The molecule has 0 heterocycles. The Morgan fingerprint density at radius 1 is 1.17 bits per heavy atom. The molecule has 0 saturated carbocycles. The number of rotatable bonds is 3. The van der Waals surface area contributed by atoms with Gasteiger partial charge in [0, 0.05) is 11.3 Å². The summed E-state index contributed by atoms with van der Waals surface area (Å²) >= 11 is 0. The van der Waals surface area contributed by atoms with Crippen LogP contribution in [0.4, 0.5) is 10.1 Å². The van der Waals surface area contributed by atoms with E-state index < -0.39 is 0 Å². The van der Waals surface area contributed by atoms with Crippen molar-refractivity contribution >= 4 is 5.69 Å². The van der Waals surface area contributed by atoms with Crippen LogP contribution < -0.4 is 5.32 Å². The van der Waals surface area contributed by atoms with E-state index in [0.717, 1.165) is 11.3 Å². The first-order chi connectivity index (χ1) is 8.58. The van der Waals surface area contributed by atoms with Crippen LogP contribution >= 0.6 is 0 Å². The van der Waals surface area contributed by atoms with E-state index in [2.05, 4.69) is 5.32 Å². The number of phenolic OH excluding ortho intramolecular Hbond substituents is 1. The summed E-state index contributed by atoms with van der Waals surface area (Å²) in [6.45, 7) is 3.68. The summed E-state index contributed by atoms with van der Waals surface area (Å²) in [6, 6.07) is 12.0. The Bertz CT molecular complexity index is 554. The maximum Gasteiger partial charge on any atom is 0.126 e. The van der Waals surface area contributed by atoms with Crippen LogP contribution in [0.2, 0.25) is 0 Å². The van der Waals surface area contributed by atoms with Gasteiger partial charge in [0.15, 0.2) is 0 Å². The lowest BCUT2D eigenvalue weighted by Crippen LogP contribution is -2.07. The summed E-state index contributed by atoms with van der Waals surface area (Å²) in [4.78, 5) is 0. The zero-order valence-corrected chi connectivity index (χ0v) is 10.4. The van der Waals surface area contributed by atoms with E-state index in [1.807, 2.05) is 19.1 Å². The summed E-state index contributed by atoms with van der Waals surface area (Å²) in [5.74, 6) is 0.0482. The summed E-state index contributed by atoms with van der Waals surface area (Å²) < 4.78 is 13.2. The van der Waals surface area contributed by atoms with E-state index >= 15 is 0 Å². The number of halogens is 1. The van der Waals surface area contributed by atoms with Gasteiger partial charge in [0.25, 0.3) is 0 Å². The number of nitrogens with one attached hydrogen (secondary N) is 1. The van der Waals surface area contributed by atoms with Crippen LogP contribution in [-0.2, 0) is 0 Å². The fraction of sp³-hybridized carbons (Fsp3) is 0.200. The number of aryl methyl sites for hydroxylation is 1. The van der Waals surface area contributed by atoms with Gasteiger partial charge in [-0.3, -0.25) is 0 Å². The van der Waals surface area contributed by atoms with Crippen LogP contribution in [0.1, 0.15) is 24.1 Å². The van der Waals surface area contributed by atoms with Gasteiger partial charge < -0.3 is 10.4 Å². The Morgan fingerprint density at radius 2 is 1.89 bits per heavy atom. The van der Waals surface area contributed by atoms with Crippen LogP contribution in [-0.4, -0.2) is 5.11 Å². The van der Waals surface area contributed by atoms with Crippen molar-refractivity contribution in [1.82, 2.24) is 0 Å². The predicted molar refractivity (Wildman–Crippen MR) is 71.3 cm³/mol. The molecule has 0 aliphatic carbocycles. The van der Waals surface area contributed by atoms with Crippen molar-refractivity contribution in [3.63, 3.8) is 0 Å². The van der Waals surface area contributed by atoms with Crippen LogP contribution in [0.15, 0.2) is 42.5 Å². The summed E-state index contributed by atoms with van der Waals surface area (Å²) in [5.41, 5.74) is 2.26. The van der Waals surface area contributed by atoms with Gasteiger partial charge in [-0.2, -0.15) is 0 Å². The highest BCUT2D eigenvalue weighted by molar-refractivity contribution is 5.49. The van der Waals surface area contributed by atoms with Gasteiger partial charge in [0.1, 0.15) is 11.6 Å². The molecule has 0 aliphatic rings. The van der Waals surface area contributed by atoms with Gasteiger partial charge in [0.05, 0.1) is 6.04 Å². The summed E-state index contributed by atoms with van der Waals surface area (Å²) in [7, 11) is 0. The molecule has 2 rings (SSSR count). The standard InChI is InChI=1S/C15H16FNO/c1-10-9-12(7-8-14(10)16)17-11(2)13-5-3-4-6-15(13)18/h3-9,11,17-18H,1-2H3. The van der Waals surface area contributed by atoms with Gasteiger partial charge in [0.2, 0.25) is 0 Å². The fourth-order valence-corrected chi connectivity index (χ4v) is 1.92. The summed E-state index contributed by atoms with van der Waals surface area (Å²) in [6.07, 6.45) is 0. The molecule has 0 radical (unpaired) electrons. The Kier molecular flexibility index (Phi) is 3.51. The minimum atomic E-state index is -0.212. The molecule has 2 nitrogen and oxygen atoms in total. The molecule has 0 amide bonds. The molecule has 0 aromatic heterocycles. The van der Waals surface area contributed by atoms with Crippen molar-refractivity contribution in [1.29, 1.82) is 0 Å². The number of hydrogen-bond donors (Lipinski definition) is 2. The third-order valence-electron chi connectivity index (χ3n) is 2.94. The van der Waals surface area contributed by atoms with Gasteiger partial charge in [-0.15, -0.1) is 0 Å². The minimum absolute atomic E-state index is 0.0453. The van der Waals surface area contributed by atoms with Crippen LogP contribution in [0.3, 0.4) is 0 Å². The second kappa shape index (κ2) is 5.08. The van der Waals surface area contributed by atoms with Crippen LogP contribution in [0.25, 0.3) is 0 Å². The molecule has 0 spiro atoms. The predicted octanol–water partition coefficient (Wildman–Crippen LogP) is 4.01. The average molecular weight is 245 g/mol. The third-order valence-corrected chi connectivity index (χ3v) is 2.94. The topological polar surface area (TPSA) is 32.3 Å². The lowest BCUT2D eigenvalue weighted by Gasteiger charge is -2.17. The highest BCUT2D eigenvalue weighted by Gasteiger charge is 2.09. The Hall–Kier alpha value is -2.03. The molecular formula is C15H16FNO. The molecule has 2 aromatic carbocycles. The first-order valence-corrected chi connectivity index (χ1v) is 5.88. The Labute approximate surface area is 106 Å². The van der Waals surface area contributed by atoms with Crippen molar-refractivity contribution in [3.8, 4) is 5.75 Å². The number of hydrogen-bond acceptors (Lipinski definition) is 2. The molecule has 0 fully saturated rings. The van der Waals surface area contributed by atoms with E-state index in [0.29, 0.717) is 5.56 Å². The number of anilines is 1. The lowest BCUT2D eigenvalue weighted by molar-refractivity contribution is 0.465. The van der Waals surface area contributed by atoms with E-state index in [1.54, 1.807) is 31.2 Å². The highest BCUT2D eigenvalue weighted by Crippen LogP contribution is 2.26. The number of phenols is 1. The van der Waals surface area contributed by atoms with Crippen molar-refractivity contribution in [2.45, 2.75) is 19.9 Å². The molecule has 1 atom stereocenters. The number of aromatic hydroxyl groups is 1. The van der Waals surface area contributed by atoms with E-state index in [1.165, 1.54) is 6.07 Å². The van der Waals surface area contributed by atoms with E-state index in [9.17, 15) is 9.50 Å². The maximum atomic E-state index is 13.2. The SMILES string of the molecule is Cc1cc(NC(C)c2ccccc2O)ccc1F. The molecule has 1 unspecified atom stereocenters. The molecule has 0 aliphatic heterocycles. The van der Waals surface area contributed by atoms with Crippen molar-refractivity contribution < 1.29 is 9.50 Å². The van der Waals surface area contributed by atoms with Crippen molar-refractivity contribution in [2.75, 3.05) is 5.32 Å². The first-order valence-electron chi connectivity index (χ1n) is 5.88. The smallest absolute Gasteiger partial charge is 0.126 e.